The number of carbonyl (C=O) groups excluding carboxylic acids is 4. The summed E-state index contributed by atoms with van der Waals surface area (Å²) in [7, 11) is 2.61. The van der Waals surface area contributed by atoms with Crippen LogP contribution in [0, 0.1) is 23.7 Å². The Balaban J connectivity index is 0.789. The Hall–Kier alpha value is -5.75. The molecule has 5 aromatic rings. The number of aromatic nitrogens is 5. The number of H-pyrrole nitrogens is 2. The Morgan fingerprint density at radius 2 is 1.12 bits per heavy atom. The predicted molar refractivity (Wildman–Crippen MR) is 250 cm³/mol. The number of halogens is 2. The summed E-state index contributed by atoms with van der Waals surface area (Å²) in [5.74, 6) is 1.58. The maximum atomic E-state index is 14.3. The van der Waals surface area contributed by atoms with Crippen LogP contribution in [0.5, 0.6) is 0 Å². The lowest BCUT2D eigenvalue weighted by Gasteiger charge is -2.35. The van der Waals surface area contributed by atoms with Gasteiger partial charge in [0, 0.05) is 49.5 Å². The van der Waals surface area contributed by atoms with E-state index in [1.54, 1.807) is 0 Å². The maximum absolute atomic E-state index is 14.3. The second kappa shape index (κ2) is 18.3. The van der Waals surface area contributed by atoms with Crippen LogP contribution in [0.4, 0.5) is 9.59 Å². The molecular formula is C49H53Cl2N9O8. The highest BCUT2D eigenvalue weighted by Crippen LogP contribution is 2.55. The number of imidazole rings is 2. The molecule has 0 bridgehead atoms. The molecule has 2 unspecified atom stereocenters. The van der Waals surface area contributed by atoms with E-state index in [0.717, 1.165) is 53.3 Å². The minimum absolute atomic E-state index is 0.0592. The molecule has 0 spiro atoms. The largest absolute Gasteiger partial charge is 0.453 e. The molecule has 4 aliphatic heterocycles. The van der Waals surface area contributed by atoms with E-state index in [1.165, 1.54) is 14.2 Å². The lowest BCUT2D eigenvalue weighted by Crippen LogP contribution is -2.54. The van der Waals surface area contributed by atoms with Crippen molar-refractivity contribution in [1.29, 1.82) is 0 Å². The van der Waals surface area contributed by atoms with Gasteiger partial charge >= 0.3 is 12.2 Å². The number of alkyl carbamates (subject to hydrolysis) is 2. The summed E-state index contributed by atoms with van der Waals surface area (Å²) >= 11 is 13.7. The first kappa shape index (κ1) is 44.7. The van der Waals surface area contributed by atoms with Gasteiger partial charge in [-0.1, -0.05) is 59.6 Å². The first-order valence-corrected chi connectivity index (χ1v) is 24.3. The van der Waals surface area contributed by atoms with E-state index >= 15 is 0 Å². The molecule has 2 aliphatic carbocycles. The van der Waals surface area contributed by atoms with Crippen LogP contribution in [-0.2, 0) is 28.5 Å². The fourth-order valence-electron chi connectivity index (χ4n) is 11.3. The number of benzene rings is 2. The van der Waals surface area contributed by atoms with Gasteiger partial charge in [-0.25, -0.2) is 24.5 Å². The smallest absolute Gasteiger partial charge is 0.407 e. The van der Waals surface area contributed by atoms with Crippen molar-refractivity contribution in [2.45, 2.75) is 87.6 Å². The fraction of sp³-hybridized carbons (Fsp3) is 0.490. The third kappa shape index (κ3) is 8.45. The number of ether oxygens (including phenoxy) is 4. The molecule has 2 saturated carbocycles. The molecule has 4 saturated heterocycles. The number of fused-ring (bicyclic) bond motifs is 3. The Morgan fingerprint density at radius 1 is 0.632 bits per heavy atom. The number of likely N-dealkylation sites (tertiary alicyclic amines) is 2. The Kier molecular flexibility index (Phi) is 12.0. The second-order valence-corrected chi connectivity index (χ2v) is 19.8. The summed E-state index contributed by atoms with van der Waals surface area (Å²) < 4.78 is 20.9. The van der Waals surface area contributed by atoms with Crippen molar-refractivity contribution in [1.82, 2.24) is 45.4 Å². The first-order chi connectivity index (χ1) is 33.1. The minimum Gasteiger partial charge on any atom is -0.453 e. The lowest BCUT2D eigenvalue weighted by atomic mass is 9.90. The third-order valence-corrected chi connectivity index (χ3v) is 15.6. The summed E-state index contributed by atoms with van der Waals surface area (Å²) in [6.45, 7) is 2.15. The minimum atomic E-state index is -0.730. The van der Waals surface area contributed by atoms with E-state index in [0.29, 0.717) is 103 Å². The zero-order valence-electron chi connectivity index (χ0n) is 37.7. The maximum Gasteiger partial charge on any atom is 0.407 e. The van der Waals surface area contributed by atoms with Crippen LogP contribution < -0.4 is 10.6 Å². The van der Waals surface area contributed by atoms with E-state index in [1.807, 2.05) is 58.3 Å². The van der Waals surface area contributed by atoms with Gasteiger partial charge in [-0.3, -0.25) is 9.59 Å². The standard InChI is InChI=1S/C49H53Cl2N9O8/c1-65-48(63)55-39(26-11-15-67-16-12-26)46(61)59-34-20-30(34)22-36(59)44-53-38(42(50)57-44)25-5-3-24(4-6-25)28-7-9-32-29(19-28)8-10-33(52-32)41-43(51)58-45(54-41)37-23-31-21-35(31)60(37)47(62)40(56-49(64)66-2)27-13-17-68-18-14-27/h3-10,19,26-27,30-31,34-37,39-40H,11-18,20-23H2,1-2H3,(H,53,57)(H,54,58)(H,55,63)(H,56,64)/t30?,31?,34-,35-,36+,37+,39+,40+/m1/s1. The van der Waals surface area contributed by atoms with Gasteiger partial charge in [-0.15, -0.1) is 0 Å². The van der Waals surface area contributed by atoms with E-state index < -0.39 is 24.3 Å². The van der Waals surface area contributed by atoms with Gasteiger partial charge in [-0.2, -0.15) is 0 Å². The molecule has 11 rings (SSSR count). The number of methoxy groups -OCH3 is 2. The SMILES string of the molecule is COC(=O)N[C@H](C(=O)N1[C@@H]2CC2C[C@H]1c1nc(-c2ccc(-c3ccc4nc(-c5nc([C@@H]6CC7C[C@H]7N6C(=O)[C@@H](NC(=O)OC)C6CCOCC6)[nH]c5Cl)ccc4c3)cc2)c(Cl)[nH]1)C1CCOCC1. The van der Waals surface area contributed by atoms with Gasteiger partial charge in [0.25, 0.3) is 0 Å². The average molecular weight is 967 g/mol. The van der Waals surface area contributed by atoms with Crippen LogP contribution >= 0.6 is 23.2 Å². The number of pyridine rings is 1. The quantitative estimate of drug-likeness (QED) is 0.101. The first-order valence-electron chi connectivity index (χ1n) is 23.6. The highest BCUT2D eigenvalue weighted by molar-refractivity contribution is 6.32. The van der Waals surface area contributed by atoms with Crippen molar-refractivity contribution in [3.63, 3.8) is 0 Å². The van der Waals surface area contributed by atoms with Crippen LogP contribution in [0.25, 0.3) is 44.7 Å². The van der Waals surface area contributed by atoms with Crippen molar-refractivity contribution >= 4 is 58.1 Å². The number of nitrogens with zero attached hydrogens (tertiary/aromatic N) is 5. The van der Waals surface area contributed by atoms with Crippen molar-refractivity contribution in [2.24, 2.45) is 23.7 Å². The molecule has 8 atom stereocenters. The fourth-order valence-corrected chi connectivity index (χ4v) is 11.7. The van der Waals surface area contributed by atoms with E-state index in [2.05, 4.69) is 26.7 Å². The zero-order chi connectivity index (χ0) is 46.8. The number of carbonyl (C=O) groups is 4. The molecule has 0 radical (unpaired) electrons. The molecular weight excluding hydrogens is 913 g/mol. The molecule has 68 heavy (non-hydrogen) atoms. The number of aromatic amines is 2. The van der Waals surface area contributed by atoms with Crippen LogP contribution in [0.1, 0.15) is 75.1 Å². The predicted octanol–water partition coefficient (Wildman–Crippen LogP) is 7.62. The summed E-state index contributed by atoms with van der Waals surface area (Å²) in [5.41, 5.74) is 5.29. The van der Waals surface area contributed by atoms with Crippen LogP contribution in [0.15, 0.2) is 54.6 Å². The van der Waals surface area contributed by atoms with Crippen LogP contribution in [0.2, 0.25) is 10.3 Å². The molecule has 19 heteroatoms. The molecule has 6 aliphatic rings. The average Bonchev–Trinajstić information content (AvgIpc) is 4.08. The number of rotatable bonds is 11. The Bertz CT molecular complexity index is 2750. The number of hydrogen-bond acceptors (Lipinski definition) is 11. The highest BCUT2D eigenvalue weighted by Gasteiger charge is 2.58. The molecule has 4 N–H and O–H groups in total. The van der Waals surface area contributed by atoms with E-state index in [-0.39, 0.29) is 47.8 Å². The summed E-state index contributed by atoms with van der Waals surface area (Å²) in [6.07, 6.45) is 4.79. The molecule has 2 aromatic carbocycles. The van der Waals surface area contributed by atoms with Crippen molar-refractivity contribution in [3.05, 3.63) is 76.6 Å². The monoisotopic (exact) mass is 965 g/mol. The van der Waals surface area contributed by atoms with Gasteiger partial charge in [0.1, 0.15) is 45.4 Å². The molecule has 4 amide bonds. The zero-order valence-corrected chi connectivity index (χ0v) is 39.2. The Morgan fingerprint density at radius 3 is 1.65 bits per heavy atom. The molecule has 7 heterocycles. The second-order valence-electron chi connectivity index (χ2n) is 19.0. The Labute approximate surface area is 402 Å². The van der Waals surface area contributed by atoms with Gasteiger partial charge in [0.2, 0.25) is 11.8 Å². The summed E-state index contributed by atoms with van der Waals surface area (Å²) in [4.78, 5) is 78.7. The van der Waals surface area contributed by atoms with Crippen molar-refractivity contribution in [3.8, 4) is 33.8 Å². The number of hydrogen-bond donors (Lipinski definition) is 4. The third-order valence-electron chi connectivity index (χ3n) is 15.1. The number of piperidine rings is 2. The van der Waals surface area contributed by atoms with Gasteiger partial charge in [0.05, 0.1) is 37.5 Å². The van der Waals surface area contributed by atoms with Gasteiger partial charge in [0.15, 0.2) is 0 Å². The number of nitrogens with one attached hydrogen (secondary N) is 4. The van der Waals surface area contributed by atoms with Crippen molar-refractivity contribution in [2.75, 3.05) is 40.6 Å². The highest BCUT2D eigenvalue weighted by atomic mass is 35.5. The molecule has 3 aromatic heterocycles. The molecule has 17 nitrogen and oxygen atoms in total. The van der Waals surface area contributed by atoms with Gasteiger partial charge in [-0.05, 0) is 104 Å². The molecule has 6 fully saturated rings. The molecule has 356 valence electrons. The summed E-state index contributed by atoms with van der Waals surface area (Å²) in [5, 5.41) is 7.33. The summed E-state index contributed by atoms with van der Waals surface area (Å²) in [6, 6.07) is 16.1. The normalized spacial score (nSPS) is 25.4. The van der Waals surface area contributed by atoms with Crippen LogP contribution in [0.3, 0.4) is 0 Å². The van der Waals surface area contributed by atoms with Gasteiger partial charge < -0.3 is 49.3 Å². The topological polar surface area (TPSA) is 206 Å². The van der Waals surface area contributed by atoms with Crippen LogP contribution in [-0.4, -0.2) is 124 Å². The number of amides is 4. The van der Waals surface area contributed by atoms with E-state index in [9.17, 15) is 19.2 Å². The lowest BCUT2D eigenvalue weighted by molar-refractivity contribution is -0.138. The van der Waals surface area contributed by atoms with Crippen molar-refractivity contribution < 1.29 is 38.1 Å². The van der Waals surface area contributed by atoms with E-state index in [4.69, 9.17) is 57.1 Å².